The van der Waals surface area contributed by atoms with Gasteiger partial charge in [-0.05, 0) is 51.4 Å². The van der Waals surface area contributed by atoms with Crippen LogP contribution in [0, 0.1) is 11.8 Å². The first-order valence-electron chi connectivity index (χ1n) is 8.28. The van der Waals surface area contributed by atoms with Crippen LogP contribution in [0.1, 0.15) is 73.6 Å². The van der Waals surface area contributed by atoms with Gasteiger partial charge in [0.1, 0.15) is 18.6 Å². The lowest BCUT2D eigenvalue weighted by molar-refractivity contribution is -0.162. The summed E-state index contributed by atoms with van der Waals surface area (Å²) in [7, 11) is 0. The van der Waals surface area contributed by atoms with Gasteiger partial charge in [0.15, 0.2) is 0 Å². The Bertz CT molecular complexity index is 276. The predicted octanol–water partition coefficient (Wildman–Crippen LogP) is 4.11. The van der Waals surface area contributed by atoms with E-state index in [1.165, 1.54) is 0 Å². The lowest BCUT2D eigenvalue weighted by Gasteiger charge is -2.23. The fourth-order valence-corrected chi connectivity index (χ4v) is 2.71. The Kier molecular flexibility index (Phi) is 10.1. The van der Waals surface area contributed by atoms with Crippen molar-refractivity contribution in [2.24, 2.45) is 11.8 Å². The number of rotatable bonds is 10. The van der Waals surface area contributed by atoms with Crippen LogP contribution in [0.3, 0.4) is 0 Å². The normalized spacial score (nSPS) is 14.1. The molecule has 0 amide bonds. The van der Waals surface area contributed by atoms with Gasteiger partial charge < -0.3 is 9.47 Å². The van der Waals surface area contributed by atoms with Crippen LogP contribution >= 0.6 is 0 Å². The lowest BCUT2D eigenvalue weighted by Crippen LogP contribution is -2.28. The van der Waals surface area contributed by atoms with Gasteiger partial charge in [0.25, 0.3) is 0 Å². The van der Waals surface area contributed by atoms with E-state index in [-0.39, 0.29) is 18.6 Å². The van der Waals surface area contributed by atoms with Crippen molar-refractivity contribution in [2.45, 2.75) is 85.9 Å². The van der Waals surface area contributed by atoms with Crippen LogP contribution in [-0.2, 0) is 19.1 Å². The van der Waals surface area contributed by atoms with E-state index in [1.807, 2.05) is 13.8 Å². The van der Waals surface area contributed by atoms with Gasteiger partial charge in [-0.15, -0.1) is 0 Å². The van der Waals surface area contributed by atoms with Crippen molar-refractivity contribution in [1.29, 1.82) is 0 Å². The minimum atomic E-state index is -0.490. The first-order chi connectivity index (χ1) is 9.89. The largest absolute Gasteiger partial charge is 0.462 e. The zero-order valence-electron chi connectivity index (χ0n) is 14.5. The van der Waals surface area contributed by atoms with Crippen LogP contribution in [0.4, 0.5) is 0 Å². The molecule has 4 nitrogen and oxygen atoms in total. The van der Waals surface area contributed by atoms with Crippen molar-refractivity contribution >= 4 is 11.9 Å². The highest BCUT2D eigenvalue weighted by Gasteiger charge is 2.23. The monoisotopic (exact) mass is 300 g/mol. The van der Waals surface area contributed by atoms with Gasteiger partial charge in [-0.3, -0.25) is 9.59 Å². The van der Waals surface area contributed by atoms with E-state index < -0.39 is 11.9 Å². The summed E-state index contributed by atoms with van der Waals surface area (Å²) in [6.07, 6.45) is 3.23. The molecule has 0 fully saturated rings. The second-order valence-corrected chi connectivity index (χ2v) is 5.72. The molecule has 0 aromatic heterocycles. The Morgan fingerprint density at radius 1 is 0.714 bits per heavy atom. The lowest BCUT2D eigenvalue weighted by atomic mass is 9.98. The number of hydrogen-bond donors (Lipinski definition) is 0. The Morgan fingerprint density at radius 3 is 1.24 bits per heavy atom. The fourth-order valence-electron chi connectivity index (χ4n) is 2.71. The van der Waals surface area contributed by atoms with Gasteiger partial charge in [0, 0.05) is 0 Å². The third-order valence-corrected chi connectivity index (χ3v) is 4.35. The molecule has 0 bridgehead atoms. The second-order valence-electron chi connectivity index (χ2n) is 5.72. The smallest absolute Gasteiger partial charge is 0.317 e. The number of carbonyl (C=O) groups excluding carboxylic acids is 2. The third kappa shape index (κ3) is 7.49. The maximum atomic E-state index is 11.8. The molecule has 0 rings (SSSR count). The van der Waals surface area contributed by atoms with E-state index >= 15 is 0 Å². The summed E-state index contributed by atoms with van der Waals surface area (Å²) in [5.41, 5.74) is 0. The van der Waals surface area contributed by atoms with Crippen LogP contribution in [0.25, 0.3) is 0 Å². The maximum Gasteiger partial charge on any atom is 0.317 e. The first kappa shape index (κ1) is 19.9. The SMILES string of the molecule is CCC(CC)C(C)OC(=O)CC(=O)OC(C)C(CC)CC. The molecule has 0 saturated heterocycles. The zero-order valence-corrected chi connectivity index (χ0v) is 14.5. The van der Waals surface area contributed by atoms with Crippen LogP contribution in [0.2, 0.25) is 0 Å². The average molecular weight is 300 g/mol. The van der Waals surface area contributed by atoms with Crippen molar-refractivity contribution in [3.8, 4) is 0 Å². The molecule has 0 spiro atoms. The molecule has 124 valence electrons. The molecule has 0 heterocycles. The summed E-state index contributed by atoms with van der Waals surface area (Å²) >= 11 is 0. The molecule has 0 N–H and O–H groups in total. The van der Waals surface area contributed by atoms with Crippen molar-refractivity contribution in [3.05, 3.63) is 0 Å². The van der Waals surface area contributed by atoms with Gasteiger partial charge in [-0.25, -0.2) is 0 Å². The van der Waals surface area contributed by atoms with E-state index in [4.69, 9.17) is 9.47 Å². The number of ether oxygens (including phenoxy) is 2. The van der Waals surface area contributed by atoms with E-state index in [0.29, 0.717) is 11.8 Å². The summed E-state index contributed by atoms with van der Waals surface area (Å²) in [5, 5.41) is 0. The van der Waals surface area contributed by atoms with Crippen LogP contribution in [0.15, 0.2) is 0 Å². The molecule has 0 saturated carbocycles. The van der Waals surface area contributed by atoms with Crippen LogP contribution in [0.5, 0.6) is 0 Å². The van der Waals surface area contributed by atoms with E-state index in [9.17, 15) is 9.59 Å². The van der Waals surface area contributed by atoms with Crippen LogP contribution in [-0.4, -0.2) is 24.1 Å². The molecule has 21 heavy (non-hydrogen) atoms. The first-order valence-corrected chi connectivity index (χ1v) is 8.28. The predicted molar refractivity (Wildman–Crippen MR) is 83.9 cm³/mol. The standard InChI is InChI=1S/C17H32O4/c1-7-14(8-2)12(5)20-16(18)11-17(19)21-13(6)15(9-3)10-4/h12-15H,7-11H2,1-6H3. The molecule has 0 aliphatic rings. The van der Waals surface area contributed by atoms with Gasteiger partial charge in [0.2, 0.25) is 0 Å². The topological polar surface area (TPSA) is 52.6 Å². The minimum Gasteiger partial charge on any atom is -0.462 e. The summed E-state index contributed by atoms with van der Waals surface area (Å²) in [5.74, 6) is -0.297. The third-order valence-electron chi connectivity index (χ3n) is 4.35. The van der Waals surface area contributed by atoms with Gasteiger partial charge in [-0.1, -0.05) is 27.7 Å². The second kappa shape index (κ2) is 10.6. The highest BCUT2D eigenvalue weighted by Crippen LogP contribution is 2.18. The van der Waals surface area contributed by atoms with Crippen molar-refractivity contribution in [3.63, 3.8) is 0 Å². The fraction of sp³-hybridized carbons (Fsp3) is 0.882. The zero-order chi connectivity index (χ0) is 16.4. The van der Waals surface area contributed by atoms with Crippen molar-refractivity contribution in [1.82, 2.24) is 0 Å². The Labute approximate surface area is 129 Å². The summed E-state index contributed by atoms with van der Waals surface area (Å²) < 4.78 is 10.6. The molecular formula is C17H32O4. The summed E-state index contributed by atoms with van der Waals surface area (Å²) in [4.78, 5) is 23.5. The van der Waals surface area contributed by atoms with Gasteiger partial charge in [0.05, 0.1) is 0 Å². The Morgan fingerprint density at radius 2 is 1.00 bits per heavy atom. The minimum absolute atomic E-state index is 0.156. The maximum absolute atomic E-state index is 11.8. The van der Waals surface area contributed by atoms with Crippen molar-refractivity contribution < 1.29 is 19.1 Å². The molecule has 0 aromatic rings. The number of carbonyl (C=O) groups is 2. The summed E-state index contributed by atoms with van der Waals surface area (Å²) in [6.45, 7) is 12.1. The Hall–Kier alpha value is -1.06. The molecule has 2 atom stereocenters. The number of esters is 2. The van der Waals surface area contributed by atoms with E-state index in [0.717, 1.165) is 25.7 Å². The van der Waals surface area contributed by atoms with Crippen molar-refractivity contribution in [2.75, 3.05) is 0 Å². The quantitative estimate of drug-likeness (QED) is 0.450. The highest BCUT2D eigenvalue weighted by atomic mass is 16.6. The van der Waals surface area contributed by atoms with E-state index in [2.05, 4.69) is 27.7 Å². The molecule has 0 radical (unpaired) electrons. The molecule has 0 aliphatic heterocycles. The molecule has 0 aromatic carbocycles. The summed E-state index contributed by atoms with van der Waals surface area (Å²) in [6, 6.07) is 0. The Balaban J connectivity index is 4.24. The molecule has 0 aliphatic carbocycles. The molecular weight excluding hydrogens is 268 g/mol. The average Bonchev–Trinajstić information content (AvgIpc) is 2.40. The highest BCUT2D eigenvalue weighted by molar-refractivity contribution is 5.91. The van der Waals surface area contributed by atoms with Crippen LogP contribution < -0.4 is 0 Å². The van der Waals surface area contributed by atoms with Gasteiger partial charge >= 0.3 is 11.9 Å². The van der Waals surface area contributed by atoms with E-state index in [1.54, 1.807) is 0 Å². The molecule has 4 heteroatoms. The van der Waals surface area contributed by atoms with Gasteiger partial charge in [-0.2, -0.15) is 0 Å². The molecule has 2 unspecified atom stereocenters. The number of hydrogen-bond acceptors (Lipinski definition) is 4.